The molecule has 2 saturated heterocycles. The van der Waals surface area contributed by atoms with Crippen molar-refractivity contribution in [1.29, 1.82) is 0 Å². The maximum Gasteiger partial charge on any atom is 0.254 e. The van der Waals surface area contributed by atoms with Gasteiger partial charge in [-0.25, -0.2) is 4.98 Å². The molecule has 3 heterocycles. The van der Waals surface area contributed by atoms with Gasteiger partial charge in [-0.1, -0.05) is 0 Å². The molecule has 0 aliphatic carbocycles. The Morgan fingerprint density at radius 2 is 2.00 bits per heavy atom. The second kappa shape index (κ2) is 8.77. The van der Waals surface area contributed by atoms with E-state index in [1.54, 1.807) is 13.8 Å². The van der Waals surface area contributed by atoms with Gasteiger partial charge in [-0.3, -0.25) is 14.5 Å². The Hall–Kier alpha value is -1.73. The molecule has 144 valence electrons. The third kappa shape index (κ3) is 4.71. The van der Waals surface area contributed by atoms with Gasteiger partial charge in [-0.2, -0.15) is 0 Å². The van der Waals surface area contributed by atoms with E-state index in [1.807, 2.05) is 4.90 Å². The topological polar surface area (TPSA) is 78.5 Å². The van der Waals surface area contributed by atoms with Crippen molar-refractivity contribution < 1.29 is 9.53 Å². The quantitative estimate of drug-likeness (QED) is 0.846. The third-order valence-electron chi connectivity index (χ3n) is 5.50. The Bertz CT molecular complexity index is 682. The van der Waals surface area contributed by atoms with Gasteiger partial charge >= 0.3 is 0 Å². The van der Waals surface area contributed by atoms with Gasteiger partial charge in [0.2, 0.25) is 5.91 Å². The Morgan fingerprint density at radius 3 is 2.73 bits per heavy atom. The highest BCUT2D eigenvalue weighted by molar-refractivity contribution is 5.79. The van der Waals surface area contributed by atoms with Gasteiger partial charge in [0.15, 0.2) is 0 Å². The molecule has 7 nitrogen and oxygen atoms in total. The van der Waals surface area contributed by atoms with Crippen LogP contribution in [-0.4, -0.2) is 71.1 Å². The number of rotatable bonds is 5. The molecule has 26 heavy (non-hydrogen) atoms. The first-order chi connectivity index (χ1) is 12.5. The Kier molecular flexibility index (Phi) is 6.43. The molecule has 0 bridgehead atoms. The highest BCUT2D eigenvalue weighted by Gasteiger charge is 2.28. The molecule has 2 aliphatic rings. The highest BCUT2D eigenvalue weighted by Crippen LogP contribution is 2.21. The minimum Gasteiger partial charge on any atom is -0.379 e. The fourth-order valence-corrected chi connectivity index (χ4v) is 4.00. The molecule has 0 radical (unpaired) electrons. The van der Waals surface area contributed by atoms with Crippen LogP contribution in [-0.2, 0) is 16.0 Å². The van der Waals surface area contributed by atoms with Gasteiger partial charge in [0.25, 0.3) is 5.56 Å². The number of hydrogen-bond donors (Lipinski definition) is 1. The lowest BCUT2D eigenvalue weighted by atomic mass is 9.97. The van der Waals surface area contributed by atoms with Crippen molar-refractivity contribution in [1.82, 2.24) is 19.8 Å². The van der Waals surface area contributed by atoms with Crippen LogP contribution in [0.1, 0.15) is 42.8 Å². The Labute approximate surface area is 154 Å². The van der Waals surface area contributed by atoms with Gasteiger partial charge in [0.1, 0.15) is 5.82 Å². The number of amides is 1. The first-order valence-electron chi connectivity index (χ1n) is 9.70. The Balaban J connectivity index is 1.63. The Morgan fingerprint density at radius 1 is 1.23 bits per heavy atom. The maximum absolute atomic E-state index is 12.9. The van der Waals surface area contributed by atoms with Gasteiger partial charge in [0, 0.05) is 43.5 Å². The summed E-state index contributed by atoms with van der Waals surface area (Å²) < 4.78 is 5.40. The molecule has 0 spiro atoms. The number of H-pyrrole nitrogens is 1. The number of ether oxygens (including phenoxy) is 1. The number of nitrogens with zero attached hydrogens (tertiary/aromatic N) is 3. The molecule has 1 atom stereocenters. The normalized spacial score (nSPS) is 21.8. The number of aryl methyl sites for hydroxylation is 2. The van der Waals surface area contributed by atoms with Crippen LogP contribution in [0.25, 0.3) is 0 Å². The van der Waals surface area contributed by atoms with Gasteiger partial charge < -0.3 is 14.6 Å². The van der Waals surface area contributed by atoms with E-state index in [4.69, 9.17) is 4.74 Å². The van der Waals surface area contributed by atoms with E-state index in [1.165, 1.54) is 6.42 Å². The van der Waals surface area contributed by atoms with E-state index in [0.29, 0.717) is 17.1 Å². The summed E-state index contributed by atoms with van der Waals surface area (Å²) in [4.78, 5) is 36.6. The smallest absolute Gasteiger partial charge is 0.254 e. The number of nitrogens with one attached hydrogen (secondary N) is 1. The van der Waals surface area contributed by atoms with Crippen molar-refractivity contribution in [3.8, 4) is 0 Å². The van der Waals surface area contributed by atoms with Crippen LogP contribution in [0.4, 0.5) is 0 Å². The molecule has 7 heteroatoms. The van der Waals surface area contributed by atoms with Crippen LogP contribution < -0.4 is 5.56 Å². The van der Waals surface area contributed by atoms with Gasteiger partial charge in [-0.05, 0) is 39.5 Å². The molecule has 0 aromatic carbocycles. The summed E-state index contributed by atoms with van der Waals surface area (Å²) in [5.74, 6) is 0.640. The van der Waals surface area contributed by atoms with Gasteiger partial charge in [-0.15, -0.1) is 0 Å². The van der Waals surface area contributed by atoms with E-state index in [0.717, 1.165) is 58.7 Å². The molecular formula is C19H30N4O3. The molecule has 3 rings (SSSR count). The number of carbonyl (C=O) groups is 1. The number of piperidine rings is 1. The molecule has 0 unspecified atom stereocenters. The van der Waals surface area contributed by atoms with E-state index >= 15 is 0 Å². The summed E-state index contributed by atoms with van der Waals surface area (Å²) in [5, 5.41) is 0. The van der Waals surface area contributed by atoms with Crippen molar-refractivity contribution >= 4 is 5.91 Å². The molecule has 1 aromatic heterocycles. The number of hydrogen-bond acceptors (Lipinski definition) is 5. The van der Waals surface area contributed by atoms with Crippen LogP contribution in [0.2, 0.25) is 0 Å². The van der Waals surface area contributed by atoms with E-state index in [-0.39, 0.29) is 23.9 Å². The first kappa shape index (κ1) is 19.0. The average molecular weight is 362 g/mol. The second-order valence-electron chi connectivity index (χ2n) is 7.37. The predicted molar refractivity (Wildman–Crippen MR) is 99.3 cm³/mol. The molecule has 2 fully saturated rings. The monoisotopic (exact) mass is 362 g/mol. The zero-order valence-electron chi connectivity index (χ0n) is 15.9. The van der Waals surface area contributed by atoms with E-state index in [2.05, 4.69) is 14.9 Å². The number of aromatic amines is 1. The van der Waals surface area contributed by atoms with Crippen molar-refractivity contribution in [2.45, 2.75) is 52.0 Å². The van der Waals surface area contributed by atoms with Crippen LogP contribution in [0.5, 0.6) is 0 Å². The molecule has 2 aliphatic heterocycles. The number of likely N-dealkylation sites (tertiary alicyclic amines) is 1. The molecule has 0 saturated carbocycles. The predicted octanol–water partition coefficient (Wildman–Crippen LogP) is 1.03. The second-order valence-corrected chi connectivity index (χ2v) is 7.37. The first-order valence-corrected chi connectivity index (χ1v) is 9.70. The van der Waals surface area contributed by atoms with Crippen molar-refractivity contribution in [2.24, 2.45) is 0 Å². The standard InChI is InChI=1S/C19H30N4O3/c1-14-17(19(25)21-15(2)20-14)13-18(24)23-7-4-3-5-16(23)6-8-22-9-11-26-12-10-22/h16H,3-13H2,1-2H3,(H,20,21,25)/t16-/m1/s1. The van der Waals surface area contributed by atoms with Crippen LogP contribution >= 0.6 is 0 Å². The summed E-state index contributed by atoms with van der Waals surface area (Å²) in [5.41, 5.74) is 0.963. The lowest BCUT2D eigenvalue weighted by Crippen LogP contribution is -2.47. The zero-order valence-corrected chi connectivity index (χ0v) is 15.9. The van der Waals surface area contributed by atoms with Gasteiger partial charge in [0.05, 0.1) is 19.6 Å². The number of carbonyl (C=O) groups excluding carboxylic acids is 1. The third-order valence-corrected chi connectivity index (χ3v) is 5.50. The van der Waals surface area contributed by atoms with Crippen molar-refractivity contribution in [3.63, 3.8) is 0 Å². The van der Waals surface area contributed by atoms with Crippen molar-refractivity contribution in [3.05, 3.63) is 27.4 Å². The van der Waals surface area contributed by atoms with Crippen molar-refractivity contribution in [2.75, 3.05) is 39.4 Å². The maximum atomic E-state index is 12.9. The van der Waals surface area contributed by atoms with Crippen LogP contribution in [0.3, 0.4) is 0 Å². The van der Waals surface area contributed by atoms with E-state index in [9.17, 15) is 9.59 Å². The summed E-state index contributed by atoms with van der Waals surface area (Å²) in [6, 6.07) is 0.275. The SMILES string of the molecule is Cc1nc(C)c(CC(=O)N2CCCC[C@@H]2CCN2CCOCC2)c(=O)[nH]1. The lowest BCUT2D eigenvalue weighted by Gasteiger charge is -2.37. The van der Waals surface area contributed by atoms with Crippen LogP contribution in [0.15, 0.2) is 4.79 Å². The zero-order chi connectivity index (χ0) is 18.5. The fourth-order valence-electron chi connectivity index (χ4n) is 4.00. The fraction of sp³-hybridized carbons (Fsp3) is 0.737. The minimum absolute atomic E-state index is 0.0518. The number of morpholine rings is 1. The highest BCUT2D eigenvalue weighted by atomic mass is 16.5. The summed E-state index contributed by atoms with van der Waals surface area (Å²) in [7, 11) is 0. The molecule has 1 amide bonds. The minimum atomic E-state index is -0.190. The lowest BCUT2D eigenvalue weighted by molar-refractivity contribution is -0.134. The summed E-state index contributed by atoms with van der Waals surface area (Å²) in [6.45, 7) is 8.91. The largest absolute Gasteiger partial charge is 0.379 e. The average Bonchev–Trinajstić information content (AvgIpc) is 2.64. The molecular weight excluding hydrogens is 332 g/mol. The molecule has 1 N–H and O–H groups in total. The molecule has 1 aromatic rings. The number of aromatic nitrogens is 2. The van der Waals surface area contributed by atoms with E-state index < -0.39 is 0 Å². The van der Waals surface area contributed by atoms with Crippen LogP contribution in [0, 0.1) is 13.8 Å². The summed E-state index contributed by atoms with van der Waals surface area (Å²) in [6.07, 6.45) is 4.40. The summed E-state index contributed by atoms with van der Waals surface area (Å²) >= 11 is 0.